The van der Waals surface area contributed by atoms with Crippen molar-refractivity contribution in [1.29, 1.82) is 0 Å². The van der Waals surface area contributed by atoms with E-state index in [9.17, 15) is 19.5 Å². The Morgan fingerprint density at radius 1 is 1.19 bits per heavy atom. The summed E-state index contributed by atoms with van der Waals surface area (Å²) in [5.41, 5.74) is 0.796. The summed E-state index contributed by atoms with van der Waals surface area (Å²) in [6, 6.07) is 6.67. The number of Topliss-reactive ketones (excluding diaryl/α,β-unsaturated/α-hetero) is 1. The summed E-state index contributed by atoms with van der Waals surface area (Å²) < 4.78 is 0. The lowest BCUT2D eigenvalue weighted by Gasteiger charge is -2.20. The normalized spacial score (nSPS) is 16.8. The van der Waals surface area contributed by atoms with Gasteiger partial charge >= 0.3 is 0 Å². The lowest BCUT2D eigenvalue weighted by Crippen LogP contribution is -2.35. The highest BCUT2D eigenvalue weighted by molar-refractivity contribution is 6.21. The third-order valence-corrected chi connectivity index (χ3v) is 3.96. The van der Waals surface area contributed by atoms with Crippen LogP contribution in [0.2, 0.25) is 0 Å². The summed E-state index contributed by atoms with van der Waals surface area (Å²) in [7, 11) is 0. The van der Waals surface area contributed by atoms with Crippen LogP contribution < -0.4 is 0 Å². The summed E-state index contributed by atoms with van der Waals surface area (Å²) >= 11 is 0. The van der Waals surface area contributed by atoms with Gasteiger partial charge in [0.1, 0.15) is 5.78 Å². The molecule has 5 nitrogen and oxygen atoms in total. The van der Waals surface area contributed by atoms with Crippen molar-refractivity contribution in [3.05, 3.63) is 35.4 Å². The zero-order chi connectivity index (χ0) is 15.6. The molecule has 2 amide bonds. The lowest BCUT2D eigenvalue weighted by atomic mass is 9.95. The van der Waals surface area contributed by atoms with E-state index in [0.29, 0.717) is 17.5 Å². The van der Waals surface area contributed by atoms with Gasteiger partial charge in [0.2, 0.25) is 0 Å². The molecule has 2 atom stereocenters. The highest BCUT2D eigenvalue weighted by Crippen LogP contribution is 2.23. The van der Waals surface area contributed by atoms with Gasteiger partial charge in [0.15, 0.2) is 0 Å². The van der Waals surface area contributed by atoms with E-state index in [1.165, 1.54) is 0 Å². The number of aliphatic hydroxyl groups is 1. The van der Waals surface area contributed by atoms with Crippen LogP contribution in [0.3, 0.4) is 0 Å². The Kier molecular flexibility index (Phi) is 4.53. The van der Waals surface area contributed by atoms with E-state index in [0.717, 1.165) is 4.90 Å². The number of carbonyl (C=O) groups excluding carboxylic acids is 3. The van der Waals surface area contributed by atoms with E-state index >= 15 is 0 Å². The van der Waals surface area contributed by atoms with Crippen LogP contribution in [0.4, 0.5) is 0 Å². The van der Waals surface area contributed by atoms with E-state index in [1.807, 2.05) is 0 Å². The minimum atomic E-state index is -0.846. The summed E-state index contributed by atoms with van der Waals surface area (Å²) in [4.78, 5) is 37.0. The molecular weight excluding hydrogens is 270 g/mol. The number of hydrogen-bond donors (Lipinski definition) is 1. The number of nitrogens with zero attached hydrogens (tertiary/aromatic N) is 1. The predicted molar refractivity (Wildman–Crippen MR) is 76.9 cm³/mol. The SMILES string of the molecule is CCC(=O)[C@H](C)[C@@H](O)CCN1C(=O)c2ccccc2C1=O. The molecule has 0 bridgehead atoms. The molecule has 0 fully saturated rings. The fourth-order valence-electron chi connectivity index (χ4n) is 2.49. The first-order valence-corrected chi connectivity index (χ1v) is 7.13. The first kappa shape index (κ1) is 15.4. The first-order valence-electron chi connectivity index (χ1n) is 7.13. The van der Waals surface area contributed by atoms with Gasteiger partial charge in [-0.1, -0.05) is 26.0 Å². The van der Waals surface area contributed by atoms with Crippen LogP contribution in [0.5, 0.6) is 0 Å². The lowest BCUT2D eigenvalue weighted by molar-refractivity contribution is -0.125. The number of benzene rings is 1. The molecule has 0 unspecified atom stereocenters. The average Bonchev–Trinajstić information content (AvgIpc) is 2.75. The Morgan fingerprint density at radius 2 is 1.71 bits per heavy atom. The van der Waals surface area contributed by atoms with E-state index in [1.54, 1.807) is 38.1 Å². The van der Waals surface area contributed by atoms with Crippen LogP contribution in [0.1, 0.15) is 47.4 Å². The van der Waals surface area contributed by atoms with Crippen LogP contribution in [0.25, 0.3) is 0 Å². The van der Waals surface area contributed by atoms with Crippen molar-refractivity contribution in [2.75, 3.05) is 6.54 Å². The Hall–Kier alpha value is -2.01. The first-order chi connectivity index (χ1) is 9.97. The van der Waals surface area contributed by atoms with Gasteiger partial charge in [-0.25, -0.2) is 0 Å². The summed E-state index contributed by atoms with van der Waals surface area (Å²) in [6.45, 7) is 3.53. The van der Waals surface area contributed by atoms with Crippen LogP contribution >= 0.6 is 0 Å². The van der Waals surface area contributed by atoms with Crippen LogP contribution in [-0.2, 0) is 4.79 Å². The molecule has 0 saturated carbocycles. The molecule has 1 aromatic rings. The second kappa shape index (κ2) is 6.18. The second-order valence-electron chi connectivity index (χ2n) is 5.27. The molecule has 112 valence electrons. The van der Waals surface area contributed by atoms with E-state index in [2.05, 4.69) is 0 Å². The molecular formula is C16H19NO4. The molecule has 0 saturated heterocycles. The van der Waals surface area contributed by atoms with Gasteiger partial charge in [0.25, 0.3) is 11.8 Å². The Bertz CT molecular complexity index is 546. The van der Waals surface area contributed by atoms with Gasteiger partial charge in [-0.15, -0.1) is 0 Å². The highest BCUT2D eigenvalue weighted by Gasteiger charge is 2.35. The molecule has 0 radical (unpaired) electrons. The molecule has 1 aliphatic heterocycles. The van der Waals surface area contributed by atoms with Gasteiger partial charge in [-0.05, 0) is 18.6 Å². The number of amides is 2. The molecule has 0 aromatic heterocycles. The summed E-state index contributed by atoms with van der Waals surface area (Å²) in [5, 5.41) is 10.00. The second-order valence-corrected chi connectivity index (χ2v) is 5.27. The zero-order valence-corrected chi connectivity index (χ0v) is 12.2. The van der Waals surface area contributed by atoms with E-state index in [4.69, 9.17) is 0 Å². The Morgan fingerprint density at radius 3 is 2.19 bits per heavy atom. The van der Waals surface area contributed by atoms with Gasteiger partial charge in [0.05, 0.1) is 17.2 Å². The highest BCUT2D eigenvalue weighted by atomic mass is 16.3. The van der Waals surface area contributed by atoms with Crippen LogP contribution in [0, 0.1) is 5.92 Å². The van der Waals surface area contributed by atoms with E-state index in [-0.39, 0.29) is 30.6 Å². The van der Waals surface area contributed by atoms with Gasteiger partial charge in [0, 0.05) is 18.9 Å². The molecule has 1 aromatic carbocycles. The van der Waals surface area contributed by atoms with Crippen LogP contribution in [0.15, 0.2) is 24.3 Å². The fraction of sp³-hybridized carbons (Fsp3) is 0.438. The number of aliphatic hydroxyl groups excluding tert-OH is 1. The number of rotatable bonds is 6. The molecule has 2 rings (SSSR count). The maximum Gasteiger partial charge on any atom is 0.261 e. The smallest absolute Gasteiger partial charge is 0.261 e. The topological polar surface area (TPSA) is 74.7 Å². The van der Waals surface area contributed by atoms with Crippen LogP contribution in [-0.4, -0.2) is 40.3 Å². The third-order valence-electron chi connectivity index (χ3n) is 3.96. The molecule has 5 heteroatoms. The fourth-order valence-corrected chi connectivity index (χ4v) is 2.49. The van der Waals surface area contributed by atoms with Crippen molar-refractivity contribution in [3.8, 4) is 0 Å². The number of imide groups is 1. The summed E-state index contributed by atoms with van der Waals surface area (Å²) in [5.74, 6) is -1.18. The number of carbonyl (C=O) groups is 3. The molecule has 21 heavy (non-hydrogen) atoms. The minimum Gasteiger partial charge on any atom is -0.392 e. The minimum absolute atomic E-state index is 0.0233. The quantitative estimate of drug-likeness (QED) is 0.808. The third kappa shape index (κ3) is 2.88. The van der Waals surface area contributed by atoms with Crippen molar-refractivity contribution in [2.45, 2.75) is 32.8 Å². The largest absolute Gasteiger partial charge is 0.392 e. The predicted octanol–water partition coefficient (Wildman–Crippen LogP) is 1.65. The van der Waals surface area contributed by atoms with Gasteiger partial charge in [-0.3, -0.25) is 19.3 Å². The Labute approximate surface area is 123 Å². The number of ketones is 1. The molecule has 0 aliphatic carbocycles. The Balaban J connectivity index is 2.01. The molecule has 1 aliphatic rings. The van der Waals surface area contributed by atoms with Crippen molar-refractivity contribution in [2.24, 2.45) is 5.92 Å². The number of hydrogen-bond acceptors (Lipinski definition) is 4. The molecule has 1 heterocycles. The number of fused-ring (bicyclic) bond motifs is 1. The maximum atomic E-state index is 12.1. The van der Waals surface area contributed by atoms with Crippen molar-refractivity contribution in [1.82, 2.24) is 4.90 Å². The monoisotopic (exact) mass is 289 g/mol. The van der Waals surface area contributed by atoms with Gasteiger partial charge in [-0.2, -0.15) is 0 Å². The maximum absolute atomic E-state index is 12.1. The van der Waals surface area contributed by atoms with E-state index < -0.39 is 12.0 Å². The van der Waals surface area contributed by atoms with Crippen molar-refractivity contribution >= 4 is 17.6 Å². The average molecular weight is 289 g/mol. The molecule has 1 N–H and O–H groups in total. The van der Waals surface area contributed by atoms with Gasteiger partial charge < -0.3 is 5.11 Å². The summed E-state index contributed by atoms with van der Waals surface area (Å²) in [6.07, 6.45) is -0.273. The standard InChI is InChI=1S/C16H19NO4/c1-3-13(18)10(2)14(19)8-9-17-15(20)11-6-4-5-7-12(11)16(17)21/h4-7,10,14,19H,3,8-9H2,1-2H3/t10-,14-/m0/s1. The van der Waals surface area contributed by atoms with Crippen molar-refractivity contribution in [3.63, 3.8) is 0 Å². The van der Waals surface area contributed by atoms with Crippen molar-refractivity contribution < 1.29 is 19.5 Å². The zero-order valence-electron chi connectivity index (χ0n) is 12.2. The molecule has 0 spiro atoms.